The summed E-state index contributed by atoms with van der Waals surface area (Å²) >= 11 is 3.33. The molecular formula is C17H23BrN2O4S. The van der Waals surface area contributed by atoms with Crippen LogP contribution in [-0.2, 0) is 14.6 Å². The van der Waals surface area contributed by atoms with Crippen molar-refractivity contribution in [3.63, 3.8) is 0 Å². The maximum atomic E-state index is 12.3. The van der Waals surface area contributed by atoms with Gasteiger partial charge in [-0.2, -0.15) is 0 Å². The first kappa shape index (κ1) is 20.1. The molecule has 8 heteroatoms. The van der Waals surface area contributed by atoms with Crippen molar-refractivity contribution in [1.82, 2.24) is 9.80 Å². The Bertz CT molecular complexity index is 711. The fourth-order valence-electron chi connectivity index (χ4n) is 2.67. The highest BCUT2D eigenvalue weighted by Gasteiger charge is 2.22. The Hall–Kier alpha value is -1.25. The second-order valence-corrected chi connectivity index (χ2v) is 9.46. The van der Waals surface area contributed by atoms with Gasteiger partial charge in [0, 0.05) is 61.9 Å². The first-order valence-electron chi connectivity index (χ1n) is 8.21. The van der Waals surface area contributed by atoms with Crippen LogP contribution in [0.15, 0.2) is 28.7 Å². The zero-order valence-electron chi connectivity index (χ0n) is 14.3. The van der Waals surface area contributed by atoms with E-state index in [4.69, 9.17) is 0 Å². The summed E-state index contributed by atoms with van der Waals surface area (Å²) in [6.45, 7) is 3.00. The highest BCUT2D eigenvalue weighted by atomic mass is 79.9. The number of nitrogens with zero attached hydrogens (tertiary/aromatic N) is 2. The van der Waals surface area contributed by atoms with Crippen LogP contribution >= 0.6 is 15.9 Å². The Balaban J connectivity index is 1.73. The van der Waals surface area contributed by atoms with E-state index in [1.165, 1.54) is 6.26 Å². The van der Waals surface area contributed by atoms with E-state index in [-0.39, 0.29) is 30.3 Å². The molecule has 0 aromatic heterocycles. The molecule has 0 saturated carbocycles. The molecule has 1 aliphatic rings. The van der Waals surface area contributed by atoms with Crippen LogP contribution in [0, 0.1) is 0 Å². The van der Waals surface area contributed by atoms with E-state index in [1.54, 1.807) is 17.0 Å². The zero-order chi connectivity index (χ0) is 18.4. The largest absolute Gasteiger partial charge is 0.340 e. The second-order valence-electron chi connectivity index (χ2n) is 6.28. The number of ketones is 1. The van der Waals surface area contributed by atoms with E-state index >= 15 is 0 Å². The van der Waals surface area contributed by atoms with Crippen LogP contribution in [0.5, 0.6) is 0 Å². The molecular weight excluding hydrogens is 408 g/mol. The minimum absolute atomic E-state index is 0.0202. The van der Waals surface area contributed by atoms with Crippen molar-refractivity contribution in [2.24, 2.45) is 0 Å². The fourth-order valence-corrected chi connectivity index (χ4v) is 3.53. The first-order chi connectivity index (χ1) is 11.7. The fraction of sp³-hybridized carbons (Fsp3) is 0.529. The van der Waals surface area contributed by atoms with E-state index in [1.807, 2.05) is 12.1 Å². The molecule has 0 aliphatic carbocycles. The summed E-state index contributed by atoms with van der Waals surface area (Å²) in [6, 6.07) is 7.12. The van der Waals surface area contributed by atoms with Crippen LogP contribution in [0.2, 0.25) is 0 Å². The minimum atomic E-state index is -2.96. The van der Waals surface area contributed by atoms with Gasteiger partial charge in [0.1, 0.15) is 9.84 Å². The topological polar surface area (TPSA) is 74.8 Å². The minimum Gasteiger partial charge on any atom is -0.340 e. The number of hydrogen-bond acceptors (Lipinski definition) is 5. The maximum Gasteiger partial charge on any atom is 0.223 e. The Morgan fingerprint density at radius 1 is 1.04 bits per heavy atom. The summed E-state index contributed by atoms with van der Waals surface area (Å²) in [5.41, 5.74) is 0.613. The lowest BCUT2D eigenvalue weighted by atomic mass is 10.1. The van der Waals surface area contributed by atoms with Crippen LogP contribution in [0.1, 0.15) is 23.2 Å². The number of carbonyl (C=O) groups excluding carboxylic acids is 2. The summed E-state index contributed by atoms with van der Waals surface area (Å²) in [6.07, 6.45) is 1.64. The van der Waals surface area contributed by atoms with Crippen LogP contribution in [0.3, 0.4) is 0 Å². The number of hydrogen-bond donors (Lipinski definition) is 0. The molecule has 1 aromatic carbocycles. The molecule has 1 heterocycles. The number of amides is 1. The third kappa shape index (κ3) is 6.87. The Labute approximate surface area is 157 Å². The number of sulfone groups is 1. The number of benzene rings is 1. The standard InChI is InChI=1S/C17H23BrN2O4S/c1-25(23,24)13-12-19-8-10-20(11-9-19)17(22)7-6-16(21)14-2-4-15(18)5-3-14/h2-5H,6-13H2,1H3. The lowest BCUT2D eigenvalue weighted by Crippen LogP contribution is -2.49. The highest BCUT2D eigenvalue weighted by Crippen LogP contribution is 2.13. The molecule has 1 saturated heterocycles. The monoisotopic (exact) mass is 430 g/mol. The SMILES string of the molecule is CS(=O)(=O)CCN1CCN(C(=O)CCC(=O)c2ccc(Br)cc2)CC1. The van der Waals surface area contributed by atoms with Crippen molar-refractivity contribution in [3.05, 3.63) is 34.3 Å². The molecule has 0 spiro atoms. The quantitative estimate of drug-likeness (QED) is 0.614. The normalized spacial score (nSPS) is 16.0. The first-order valence-corrected chi connectivity index (χ1v) is 11.1. The average molecular weight is 431 g/mol. The molecule has 25 heavy (non-hydrogen) atoms. The number of rotatable bonds is 7. The van der Waals surface area contributed by atoms with Gasteiger partial charge in [-0.25, -0.2) is 8.42 Å². The maximum absolute atomic E-state index is 12.3. The molecule has 1 amide bonds. The van der Waals surface area contributed by atoms with Crippen molar-refractivity contribution in [2.75, 3.05) is 44.7 Å². The van der Waals surface area contributed by atoms with Gasteiger partial charge in [0.05, 0.1) is 5.75 Å². The van der Waals surface area contributed by atoms with Gasteiger partial charge in [-0.05, 0) is 12.1 Å². The summed E-state index contributed by atoms with van der Waals surface area (Å²) in [5.74, 6) is 0.0867. The van der Waals surface area contributed by atoms with Gasteiger partial charge < -0.3 is 4.90 Å². The van der Waals surface area contributed by atoms with Crippen molar-refractivity contribution < 1.29 is 18.0 Å². The molecule has 0 bridgehead atoms. The number of Topliss-reactive ketones (excluding diaryl/α,β-unsaturated/α-hetero) is 1. The second kappa shape index (κ2) is 8.91. The van der Waals surface area contributed by atoms with E-state index in [9.17, 15) is 18.0 Å². The lowest BCUT2D eigenvalue weighted by molar-refractivity contribution is -0.132. The Morgan fingerprint density at radius 3 is 2.20 bits per heavy atom. The summed E-state index contributed by atoms with van der Waals surface area (Å²) in [5, 5.41) is 0. The van der Waals surface area contributed by atoms with Crippen molar-refractivity contribution in [1.29, 1.82) is 0 Å². The van der Waals surface area contributed by atoms with Gasteiger partial charge >= 0.3 is 0 Å². The molecule has 138 valence electrons. The van der Waals surface area contributed by atoms with Crippen molar-refractivity contribution in [2.45, 2.75) is 12.8 Å². The van der Waals surface area contributed by atoms with E-state index in [0.29, 0.717) is 38.3 Å². The predicted octanol–water partition coefficient (Wildman–Crippen LogP) is 1.60. The molecule has 2 rings (SSSR count). The van der Waals surface area contributed by atoms with Gasteiger partial charge in [-0.1, -0.05) is 28.1 Å². The molecule has 0 N–H and O–H groups in total. The average Bonchev–Trinajstić information content (AvgIpc) is 2.58. The summed E-state index contributed by atoms with van der Waals surface area (Å²) in [4.78, 5) is 28.2. The van der Waals surface area contributed by atoms with E-state index in [0.717, 1.165) is 4.47 Å². The van der Waals surface area contributed by atoms with Gasteiger partial charge in [0.25, 0.3) is 0 Å². The molecule has 1 aliphatic heterocycles. The number of piperazine rings is 1. The van der Waals surface area contributed by atoms with Crippen LogP contribution < -0.4 is 0 Å². The highest BCUT2D eigenvalue weighted by molar-refractivity contribution is 9.10. The summed E-state index contributed by atoms with van der Waals surface area (Å²) in [7, 11) is -2.96. The molecule has 0 atom stereocenters. The lowest BCUT2D eigenvalue weighted by Gasteiger charge is -2.34. The van der Waals surface area contributed by atoms with Crippen molar-refractivity contribution >= 4 is 37.5 Å². The summed E-state index contributed by atoms with van der Waals surface area (Å²) < 4.78 is 23.3. The number of carbonyl (C=O) groups is 2. The van der Waals surface area contributed by atoms with E-state index < -0.39 is 9.84 Å². The van der Waals surface area contributed by atoms with Crippen molar-refractivity contribution in [3.8, 4) is 0 Å². The Morgan fingerprint density at radius 2 is 1.64 bits per heavy atom. The third-order valence-electron chi connectivity index (χ3n) is 4.24. The molecule has 0 unspecified atom stereocenters. The van der Waals surface area contributed by atoms with Gasteiger partial charge in [-0.15, -0.1) is 0 Å². The van der Waals surface area contributed by atoms with Crippen LogP contribution in [0.4, 0.5) is 0 Å². The molecule has 0 radical (unpaired) electrons. The van der Waals surface area contributed by atoms with E-state index in [2.05, 4.69) is 20.8 Å². The zero-order valence-corrected chi connectivity index (χ0v) is 16.7. The van der Waals surface area contributed by atoms with Gasteiger partial charge in [0.15, 0.2) is 5.78 Å². The van der Waals surface area contributed by atoms with Crippen LogP contribution in [0.25, 0.3) is 0 Å². The van der Waals surface area contributed by atoms with Crippen LogP contribution in [-0.4, -0.2) is 74.6 Å². The molecule has 1 fully saturated rings. The van der Waals surface area contributed by atoms with Gasteiger partial charge in [-0.3, -0.25) is 14.5 Å². The smallest absolute Gasteiger partial charge is 0.223 e. The third-order valence-corrected chi connectivity index (χ3v) is 5.69. The molecule has 6 nitrogen and oxygen atoms in total. The molecule has 1 aromatic rings. The van der Waals surface area contributed by atoms with Gasteiger partial charge in [0.2, 0.25) is 5.91 Å². The number of halogens is 1. The predicted molar refractivity (Wildman–Crippen MR) is 100 cm³/mol. The Kier molecular flexibility index (Phi) is 7.15.